The van der Waals surface area contributed by atoms with Gasteiger partial charge in [-0.25, -0.2) is 0 Å². The molecule has 1 N–H and O–H groups in total. The minimum absolute atomic E-state index is 0.569. The summed E-state index contributed by atoms with van der Waals surface area (Å²) < 4.78 is 5.61. The second-order valence-corrected chi connectivity index (χ2v) is 4.04. The first-order valence-electron chi connectivity index (χ1n) is 6.22. The predicted molar refractivity (Wildman–Crippen MR) is 69.1 cm³/mol. The van der Waals surface area contributed by atoms with Crippen LogP contribution in [0, 0.1) is 0 Å². The van der Waals surface area contributed by atoms with Crippen molar-refractivity contribution in [1.82, 2.24) is 5.32 Å². The van der Waals surface area contributed by atoms with Crippen LogP contribution in [0.3, 0.4) is 0 Å². The molecule has 1 rings (SSSR count). The zero-order valence-electron chi connectivity index (χ0n) is 10.6. The van der Waals surface area contributed by atoms with E-state index in [1.807, 2.05) is 13.0 Å². The van der Waals surface area contributed by atoms with Crippen LogP contribution in [0.2, 0.25) is 0 Å². The van der Waals surface area contributed by atoms with Crippen molar-refractivity contribution in [3.8, 4) is 5.75 Å². The third-order valence-electron chi connectivity index (χ3n) is 2.67. The Labute approximate surface area is 99.0 Å². The summed E-state index contributed by atoms with van der Waals surface area (Å²) >= 11 is 0. The van der Waals surface area contributed by atoms with Crippen LogP contribution >= 0.6 is 0 Å². The van der Waals surface area contributed by atoms with Crippen molar-refractivity contribution in [2.45, 2.75) is 39.7 Å². The van der Waals surface area contributed by atoms with Crippen molar-refractivity contribution in [1.29, 1.82) is 0 Å². The molecule has 1 aromatic carbocycles. The first-order valence-corrected chi connectivity index (χ1v) is 6.22. The molecule has 90 valence electrons. The Morgan fingerprint density at radius 3 is 2.69 bits per heavy atom. The molecule has 0 aliphatic heterocycles. The third-order valence-corrected chi connectivity index (χ3v) is 2.67. The van der Waals surface area contributed by atoms with Gasteiger partial charge in [-0.3, -0.25) is 0 Å². The normalized spacial score (nSPS) is 12.4. The Bertz CT molecular complexity index is 299. The summed E-state index contributed by atoms with van der Waals surface area (Å²) in [7, 11) is 0. The summed E-state index contributed by atoms with van der Waals surface area (Å²) in [5, 5.41) is 3.43. The van der Waals surface area contributed by atoms with Crippen molar-refractivity contribution in [3.63, 3.8) is 0 Å². The Morgan fingerprint density at radius 1 is 1.25 bits per heavy atom. The molecule has 0 fully saturated rings. The van der Waals surface area contributed by atoms with Gasteiger partial charge in [0.2, 0.25) is 0 Å². The summed E-state index contributed by atoms with van der Waals surface area (Å²) in [6, 6.07) is 8.89. The van der Waals surface area contributed by atoms with Crippen LogP contribution in [0.4, 0.5) is 0 Å². The van der Waals surface area contributed by atoms with Gasteiger partial charge >= 0.3 is 0 Å². The Balaban J connectivity index is 2.52. The molecule has 16 heavy (non-hydrogen) atoms. The lowest BCUT2D eigenvalue weighted by atomic mass is 10.1. The zero-order valence-corrected chi connectivity index (χ0v) is 10.6. The van der Waals surface area contributed by atoms with Gasteiger partial charge < -0.3 is 10.1 Å². The van der Waals surface area contributed by atoms with Crippen molar-refractivity contribution in [2.24, 2.45) is 0 Å². The molecule has 0 spiro atoms. The number of benzene rings is 1. The van der Waals surface area contributed by atoms with Crippen molar-refractivity contribution < 1.29 is 4.74 Å². The molecule has 0 aliphatic rings. The number of hydrogen-bond donors (Lipinski definition) is 1. The largest absolute Gasteiger partial charge is 0.494 e. The van der Waals surface area contributed by atoms with E-state index in [2.05, 4.69) is 37.4 Å². The zero-order chi connectivity index (χ0) is 11.8. The van der Waals surface area contributed by atoms with Gasteiger partial charge in [-0.1, -0.05) is 25.1 Å². The third kappa shape index (κ3) is 4.23. The molecule has 0 heterocycles. The van der Waals surface area contributed by atoms with E-state index in [1.54, 1.807) is 0 Å². The summed E-state index contributed by atoms with van der Waals surface area (Å²) in [6.07, 6.45) is 2.22. The number of nitrogens with one attached hydrogen (secondary N) is 1. The Morgan fingerprint density at radius 2 is 2.00 bits per heavy atom. The lowest BCUT2D eigenvalue weighted by Crippen LogP contribution is -2.25. The molecule has 2 nitrogen and oxygen atoms in total. The topological polar surface area (TPSA) is 21.3 Å². The standard InChI is InChI=1S/C14H23NO/c1-4-15-12(3)10-11-13-8-6-7-9-14(13)16-5-2/h6-9,12,15H,4-5,10-11H2,1-3H3. The highest BCUT2D eigenvalue weighted by molar-refractivity contribution is 5.33. The molecule has 0 saturated carbocycles. The second kappa shape index (κ2) is 7.29. The maximum absolute atomic E-state index is 5.61. The van der Waals surface area contributed by atoms with Crippen molar-refractivity contribution in [2.75, 3.05) is 13.2 Å². The van der Waals surface area contributed by atoms with Gasteiger partial charge in [0.1, 0.15) is 5.75 Å². The minimum atomic E-state index is 0.569. The van der Waals surface area contributed by atoms with Gasteiger partial charge in [-0.2, -0.15) is 0 Å². The molecule has 2 heteroatoms. The maximum atomic E-state index is 5.61. The quantitative estimate of drug-likeness (QED) is 0.764. The molecule has 0 amide bonds. The number of rotatable bonds is 7. The van der Waals surface area contributed by atoms with Crippen LogP contribution in [0.5, 0.6) is 5.75 Å². The molecule has 0 bridgehead atoms. The molecular weight excluding hydrogens is 198 g/mol. The van der Waals surface area contributed by atoms with Crippen LogP contribution in [0.1, 0.15) is 32.8 Å². The van der Waals surface area contributed by atoms with Gasteiger partial charge in [0.05, 0.1) is 6.61 Å². The minimum Gasteiger partial charge on any atom is -0.494 e. The van der Waals surface area contributed by atoms with E-state index in [1.165, 1.54) is 5.56 Å². The van der Waals surface area contributed by atoms with Crippen LogP contribution in [0.25, 0.3) is 0 Å². The molecule has 0 aliphatic carbocycles. The van der Waals surface area contributed by atoms with E-state index in [0.29, 0.717) is 6.04 Å². The first-order chi connectivity index (χ1) is 7.77. The van der Waals surface area contributed by atoms with Gasteiger partial charge in [0.15, 0.2) is 0 Å². The average Bonchev–Trinajstić information content (AvgIpc) is 2.29. The van der Waals surface area contributed by atoms with Crippen LogP contribution in [0.15, 0.2) is 24.3 Å². The van der Waals surface area contributed by atoms with Gasteiger partial charge in [-0.15, -0.1) is 0 Å². The molecule has 1 aromatic rings. The molecule has 1 unspecified atom stereocenters. The van der Waals surface area contributed by atoms with Gasteiger partial charge in [0.25, 0.3) is 0 Å². The highest BCUT2D eigenvalue weighted by Crippen LogP contribution is 2.19. The molecule has 0 saturated heterocycles. The fourth-order valence-electron chi connectivity index (χ4n) is 1.83. The fourth-order valence-corrected chi connectivity index (χ4v) is 1.83. The SMILES string of the molecule is CCNC(C)CCc1ccccc1OCC. The van der Waals surface area contributed by atoms with Crippen LogP contribution in [-0.2, 0) is 6.42 Å². The highest BCUT2D eigenvalue weighted by Gasteiger charge is 2.05. The fraction of sp³-hybridized carbons (Fsp3) is 0.571. The lowest BCUT2D eigenvalue weighted by molar-refractivity contribution is 0.335. The summed E-state index contributed by atoms with van der Waals surface area (Å²) in [4.78, 5) is 0. The lowest BCUT2D eigenvalue weighted by Gasteiger charge is -2.14. The first kappa shape index (κ1) is 13.0. The monoisotopic (exact) mass is 221 g/mol. The smallest absolute Gasteiger partial charge is 0.122 e. The van der Waals surface area contributed by atoms with E-state index in [4.69, 9.17) is 4.74 Å². The summed E-state index contributed by atoms with van der Waals surface area (Å²) in [5.41, 5.74) is 1.31. The summed E-state index contributed by atoms with van der Waals surface area (Å²) in [6.45, 7) is 8.17. The number of aryl methyl sites for hydroxylation is 1. The highest BCUT2D eigenvalue weighted by atomic mass is 16.5. The Kier molecular flexibility index (Phi) is 5.94. The van der Waals surface area contributed by atoms with Gasteiger partial charge in [-0.05, 0) is 44.9 Å². The molecule has 0 radical (unpaired) electrons. The number of para-hydroxylation sites is 1. The molecule has 1 atom stereocenters. The number of ether oxygens (including phenoxy) is 1. The van der Waals surface area contributed by atoms with E-state index < -0.39 is 0 Å². The van der Waals surface area contributed by atoms with E-state index in [9.17, 15) is 0 Å². The summed E-state index contributed by atoms with van der Waals surface area (Å²) in [5.74, 6) is 1.04. The van der Waals surface area contributed by atoms with E-state index in [0.717, 1.165) is 31.7 Å². The van der Waals surface area contributed by atoms with Crippen LogP contribution < -0.4 is 10.1 Å². The number of hydrogen-bond acceptors (Lipinski definition) is 2. The molecule has 0 aromatic heterocycles. The predicted octanol–water partition coefficient (Wildman–Crippen LogP) is 3.02. The Hall–Kier alpha value is -1.02. The van der Waals surface area contributed by atoms with Crippen molar-refractivity contribution in [3.05, 3.63) is 29.8 Å². The second-order valence-electron chi connectivity index (χ2n) is 4.04. The average molecular weight is 221 g/mol. The maximum Gasteiger partial charge on any atom is 0.122 e. The van der Waals surface area contributed by atoms with E-state index >= 15 is 0 Å². The van der Waals surface area contributed by atoms with Crippen molar-refractivity contribution >= 4 is 0 Å². The van der Waals surface area contributed by atoms with Gasteiger partial charge in [0, 0.05) is 6.04 Å². The van der Waals surface area contributed by atoms with E-state index in [-0.39, 0.29) is 0 Å². The molecular formula is C14H23NO. The van der Waals surface area contributed by atoms with Crippen LogP contribution in [-0.4, -0.2) is 19.2 Å².